The number of nitrogens with zero attached hydrogens (tertiary/aromatic N) is 3. The lowest BCUT2D eigenvalue weighted by Gasteiger charge is -2.30. The van der Waals surface area contributed by atoms with Crippen molar-refractivity contribution in [3.05, 3.63) is 60.5 Å². The van der Waals surface area contributed by atoms with Gasteiger partial charge in [0.05, 0.1) is 6.67 Å². The molecule has 142 valence electrons. The van der Waals surface area contributed by atoms with Crippen molar-refractivity contribution in [2.45, 2.75) is 33.4 Å². The highest BCUT2D eigenvalue weighted by atomic mass is 15.2. The number of hydrogen-bond acceptors (Lipinski definition) is 4. The van der Waals surface area contributed by atoms with Crippen molar-refractivity contribution in [3.63, 3.8) is 0 Å². The topological polar surface area (TPSA) is 42.3 Å². The Kier molecular flexibility index (Phi) is 7.61. The molecule has 0 bridgehead atoms. The van der Waals surface area contributed by atoms with Crippen LogP contribution in [-0.4, -0.2) is 37.9 Å². The van der Waals surface area contributed by atoms with Crippen molar-refractivity contribution in [3.8, 4) is 5.97 Å². The molecule has 1 fully saturated rings. The summed E-state index contributed by atoms with van der Waals surface area (Å²) in [4.78, 5) is 4.59. The molecule has 0 unspecified atom stereocenters. The minimum atomic E-state index is 0.223. The minimum Gasteiger partial charge on any atom is -0.373 e. The third-order valence-corrected chi connectivity index (χ3v) is 4.89. The Morgan fingerprint density at radius 2 is 1.85 bits per heavy atom. The predicted octanol–water partition coefficient (Wildman–Crippen LogP) is 4.38. The van der Waals surface area contributed by atoms with E-state index in [1.165, 1.54) is 16.8 Å². The van der Waals surface area contributed by atoms with Crippen molar-refractivity contribution in [1.82, 2.24) is 10.2 Å². The van der Waals surface area contributed by atoms with Crippen molar-refractivity contribution < 1.29 is 0 Å². The zero-order valence-corrected chi connectivity index (χ0v) is 17.0. The summed E-state index contributed by atoms with van der Waals surface area (Å²) < 4.78 is 0. The Labute approximate surface area is 164 Å². The van der Waals surface area contributed by atoms with Gasteiger partial charge in [0.15, 0.2) is 0 Å². The van der Waals surface area contributed by atoms with E-state index in [2.05, 4.69) is 64.7 Å². The Bertz CT molecular complexity index is 722. The van der Waals surface area contributed by atoms with E-state index < -0.39 is 0 Å². The molecule has 0 spiro atoms. The largest absolute Gasteiger partial charge is 0.373 e. The molecule has 0 aromatic heterocycles. The van der Waals surface area contributed by atoms with E-state index in [0.717, 1.165) is 50.2 Å². The molecule has 0 aliphatic carbocycles. The van der Waals surface area contributed by atoms with Gasteiger partial charge in [-0.25, -0.2) is 5.26 Å². The summed E-state index contributed by atoms with van der Waals surface area (Å²) >= 11 is 0. The zero-order chi connectivity index (χ0) is 19.8. The first-order valence-electron chi connectivity index (χ1n) is 9.85. The minimum absolute atomic E-state index is 0.223. The van der Waals surface area contributed by atoms with Gasteiger partial charge < -0.3 is 15.1 Å². The molecule has 27 heavy (non-hydrogen) atoms. The molecule has 2 aliphatic rings. The molecule has 0 amide bonds. The molecule has 3 rings (SSSR count). The third kappa shape index (κ3) is 5.43. The van der Waals surface area contributed by atoms with E-state index in [4.69, 9.17) is 5.26 Å². The molecular formula is C22H31BN4. The number of anilines is 1. The van der Waals surface area contributed by atoms with Crippen LogP contribution in [0.4, 0.5) is 5.69 Å². The maximum absolute atomic E-state index is 9.02. The number of hydrogen-bond donors (Lipinski definition) is 1. The highest BCUT2D eigenvalue weighted by Gasteiger charge is 2.23. The smallest absolute Gasteiger partial charge is 0.271 e. The van der Waals surface area contributed by atoms with Crippen molar-refractivity contribution >= 4 is 18.0 Å². The van der Waals surface area contributed by atoms with Crippen LogP contribution >= 0.6 is 0 Å². The first kappa shape index (κ1) is 20.7. The van der Waals surface area contributed by atoms with Crippen LogP contribution in [0.15, 0.2) is 54.9 Å². The standard InChI is InChI=1S/C20H25BN4.C2H6/c1-16(2)23-15-24-12-17(3)20(13-24)18-4-6-19(7-5-18)25-10-8-21(14-22)9-11-25;1-2/h4-7,13,23H,1,3,8-12,15H2,2H3;1-2H3. The second-order valence-corrected chi connectivity index (χ2v) is 6.95. The molecule has 0 saturated carbocycles. The first-order chi connectivity index (χ1) is 13.1. The average Bonchev–Trinajstić information content (AvgIpc) is 3.09. The SMILES string of the molecule is C=C(C)NCN1C=C(c2ccc(N3CCB(C#N)CC3)cc2)C(=C)C1.CC. The van der Waals surface area contributed by atoms with Crippen LogP contribution in [0.2, 0.25) is 12.6 Å². The van der Waals surface area contributed by atoms with Crippen LogP contribution in [-0.2, 0) is 0 Å². The molecule has 0 atom stereocenters. The summed E-state index contributed by atoms with van der Waals surface area (Å²) in [5, 5.41) is 12.3. The maximum atomic E-state index is 9.02. The summed E-state index contributed by atoms with van der Waals surface area (Å²) in [7, 11) is 0. The molecule has 4 nitrogen and oxygen atoms in total. The van der Waals surface area contributed by atoms with E-state index in [0.29, 0.717) is 0 Å². The normalized spacial score (nSPS) is 16.3. The highest BCUT2D eigenvalue weighted by Crippen LogP contribution is 2.30. The van der Waals surface area contributed by atoms with E-state index in [1.807, 2.05) is 20.8 Å². The Morgan fingerprint density at radius 3 is 2.41 bits per heavy atom. The summed E-state index contributed by atoms with van der Waals surface area (Å²) in [5.74, 6) is 2.39. The molecule has 1 aromatic rings. The van der Waals surface area contributed by atoms with Gasteiger partial charge >= 0.3 is 0 Å². The van der Waals surface area contributed by atoms with E-state index >= 15 is 0 Å². The number of benzene rings is 1. The summed E-state index contributed by atoms with van der Waals surface area (Å²) in [5.41, 5.74) is 5.77. The van der Waals surface area contributed by atoms with Crippen molar-refractivity contribution in [1.29, 1.82) is 5.26 Å². The first-order valence-corrected chi connectivity index (χ1v) is 9.85. The molecule has 1 saturated heterocycles. The van der Waals surface area contributed by atoms with Crippen LogP contribution < -0.4 is 10.2 Å². The quantitative estimate of drug-likeness (QED) is 0.790. The van der Waals surface area contributed by atoms with Crippen molar-refractivity contribution in [2.75, 3.05) is 31.2 Å². The number of allylic oxidation sites excluding steroid dienone is 1. The lowest BCUT2D eigenvalue weighted by molar-refractivity contribution is 0.403. The maximum Gasteiger partial charge on any atom is 0.271 e. The van der Waals surface area contributed by atoms with Crippen LogP contribution in [0.25, 0.3) is 5.57 Å². The number of nitriles is 1. The van der Waals surface area contributed by atoms with Crippen molar-refractivity contribution in [2.24, 2.45) is 0 Å². The number of rotatable bonds is 5. The summed E-state index contributed by atoms with van der Waals surface area (Å²) in [6.45, 7) is 17.8. The van der Waals surface area contributed by atoms with Gasteiger partial charge in [-0.2, -0.15) is 0 Å². The van der Waals surface area contributed by atoms with Gasteiger partial charge in [0.1, 0.15) is 0 Å². The average molecular weight is 362 g/mol. The third-order valence-electron chi connectivity index (χ3n) is 4.89. The Hall–Kier alpha value is -2.61. The van der Waals surface area contributed by atoms with Gasteiger partial charge in [-0.05, 0) is 42.8 Å². The lowest BCUT2D eigenvalue weighted by Crippen LogP contribution is -2.36. The van der Waals surface area contributed by atoms with Gasteiger partial charge in [0.2, 0.25) is 0 Å². The number of nitrogens with one attached hydrogen (secondary N) is 1. The fourth-order valence-electron chi connectivity index (χ4n) is 3.39. The fraction of sp³-hybridized carbons (Fsp3) is 0.409. The van der Waals surface area contributed by atoms with Crippen LogP contribution in [0.5, 0.6) is 0 Å². The Balaban J connectivity index is 0.00000126. The van der Waals surface area contributed by atoms with Crippen LogP contribution in [0.1, 0.15) is 26.3 Å². The fourth-order valence-corrected chi connectivity index (χ4v) is 3.39. The molecular weight excluding hydrogens is 331 g/mol. The van der Waals surface area contributed by atoms with Gasteiger partial charge in [-0.15, -0.1) is 0 Å². The van der Waals surface area contributed by atoms with E-state index in [9.17, 15) is 0 Å². The Morgan fingerprint density at radius 1 is 1.22 bits per heavy atom. The van der Waals surface area contributed by atoms with Gasteiger partial charge in [-0.1, -0.05) is 39.1 Å². The second kappa shape index (κ2) is 9.92. The van der Waals surface area contributed by atoms with Gasteiger partial charge in [0.25, 0.3) is 6.71 Å². The molecule has 0 radical (unpaired) electrons. The molecule has 5 heteroatoms. The second-order valence-electron chi connectivity index (χ2n) is 6.95. The van der Waals surface area contributed by atoms with Crippen LogP contribution in [0.3, 0.4) is 0 Å². The molecule has 1 N–H and O–H groups in total. The monoisotopic (exact) mass is 362 g/mol. The zero-order valence-electron chi connectivity index (χ0n) is 17.0. The van der Waals surface area contributed by atoms with E-state index in [-0.39, 0.29) is 6.71 Å². The molecule has 2 aliphatic heterocycles. The predicted molar refractivity (Wildman–Crippen MR) is 118 cm³/mol. The van der Waals surface area contributed by atoms with E-state index in [1.54, 1.807) is 0 Å². The van der Waals surface area contributed by atoms with Gasteiger partial charge in [0, 0.05) is 48.8 Å². The van der Waals surface area contributed by atoms with Crippen LogP contribution in [0, 0.1) is 11.2 Å². The summed E-state index contributed by atoms with van der Waals surface area (Å²) in [6, 6.07) is 8.73. The molecule has 1 aromatic carbocycles. The summed E-state index contributed by atoms with van der Waals surface area (Å²) in [6.07, 6.45) is 4.10. The lowest BCUT2D eigenvalue weighted by atomic mass is 9.45. The highest BCUT2D eigenvalue weighted by molar-refractivity contribution is 6.67. The van der Waals surface area contributed by atoms with Gasteiger partial charge in [-0.3, -0.25) is 0 Å². The molecule has 2 heterocycles.